The molecule has 0 radical (unpaired) electrons. The molecule has 3 aromatic rings. The van der Waals surface area contributed by atoms with Crippen LogP contribution in [0.3, 0.4) is 0 Å². The number of ether oxygens (including phenoxy) is 2. The van der Waals surface area contributed by atoms with Crippen molar-refractivity contribution in [2.75, 3.05) is 18.2 Å². The Morgan fingerprint density at radius 3 is 2.24 bits per heavy atom. The topological polar surface area (TPSA) is 73.6 Å². The lowest BCUT2D eigenvalue weighted by molar-refractivity contribution is 0.215. The smallest absolute Gasteiger partial charge is 0.417 e. The first-order chi connectivity index (χ1) is 12.2. The van der Waals surface area contributed by atoms with Gasteiger partial charge < -0.3 is 15.2 Å². The molecular formula is C20H18N2O3. The average Bonchev–Trinajstić information content (AvgIpc) is 2.63. The molecule has 0 spiro atoms. The van der Waals surface area contributed by atoms with Crippen LogP contribution < -0.4 is 20.5 Å². The van der Waals surface area contributed by atoms with Crippen molar-refractivity contribution in [2.24, 2.45) is 0 Å². The number of anilines is 2. The van der Waals surface area contributed by atoms with Gasteiger partial charge >= 0.3 is 6.09 Å². The van der Waals surface area contributed by atoms with Crippen molar-refractivity contribution in [3.63, 3.8) is 0 Å². The van der Waals surface area contributed by atoms with Crippen LogP contribution in [0.1, 0.15) is 0 Å². The summed E-state index contributed by atoms with van der Waals surface area (Å²) in [6.07, 6.45) is -0.590. The van der Waals surface area contributed by atoms with E-state index in [4.69, 9.17) is 15.2 Å². The highest BCUT2D eigenvalue weighted by Gasteiger charge is 2.12. The highest BCUT2D eigenvalue weighted by molar-refractivity contribution is 5.96. The van der Waals surface area contributed by atoms with Crippen molar-refractivity contribution in [3.05, 3.63) is 72.8 Å². The molecule has 1 amide bonds. The predicted octanol–water partition coefficient (Wildman–Crippen LogP) is 4.56. The van der Waals surface area contributed by atoms with E-state index in [0.29, 0.717) is 22.9 Å². The molecule has 3 N–H and O–H groups in total. The Labute approximate surface area is 146 Å². The van der Waals surface area contributed by atoms with Crippen molar-refractivity contribution in [1.82, 2.24) is 0 Å². The lowest BCUT2D eigenvalue weighted by atomic mass is 10.0. The number of carbonyl (C=O) groups is 1. The number of methoxy groups -OCH3 is 1. The first-order valence-electron chi connectivity index (χ1n) is 7.74. The highest BCUT2D eigenvalue weighted by Crippen LogP contribution is 2.33. The number of hydrogen-bond acceptors (Lipinski definition) is 4. The second-order valence-corrected chi connectivity index (χ2v) is 5.33. The Hall–Kier alpha value is -3.47. The Bertz CT molecular complexity index is 862. The van der Waals surface area contributed by atoms with Gasteiger partial charge in [-0.1, -0.05) is 36.4 Å². The van der Waals surface area contributed by atoms with Crippen LogP contribution in [-0.2, 0) is 0 Å². The summed E-state index contributed by atoms with van der Waals surface area (Å²) in [6.45, 7) is 0. The van der Waals surface area contributed by atoms with E-state index < -0.39 is 6.09 Å². The standard InChI is InChI=1S/C20H18N2O3/c1-24-15-10-12-16(13-11-15)25-20(23)22-18-9-5-8-17(21)19(18)14-6-3-2-4-7-14/h2-13H,21H2,1H3,(H,22,23). The summed E-state index contributed by atoms with van der Waals surface area (Å²) in [7, 11) is 1.58. The van der Waals surface area contributed by atoms with Gasteiger partial charge in [0.2, 0.25) is 0 Å². The van der Waals surface area contributed by atoms with Gasteiger partial charge in [0.05, 0.1) is 12.8 Å². The molecule has 0 saturated heterocycles. The molecule has 0 bridgehead atoms. The number of nitrogens with two attached hydrogens (primary N) is 1. The van der Waals surface area contributed by atoms with Crippen molar-refractivity contribution >= 4 is 17.5 Å². The van der Waals surface area contributed by atoms with E-state index in [1.54, 1.807) is 49.6 Å². The van der Waals surface area contributed by atoms with E-state index in [-0.39, 0.29) is 0 Å². The maximum Gasteiger partial charge on any atom is 0.417 e. The van der Waals surface area contributed by atoms with E-state index in [9.17, 15) is 4.79 Å². The minimum absolute atomic E-state index is 0.420. The number of carbonyl (C=O) groups excluding carboxylic acids is 1. The molecule has 0 aliphatic rings. The van der Waals surface area contributed by atoms with Crippen molar-refractivity contribution < 1.29 is 14.3 Å². The molecule has 0 saturated carbocycles. The molecule has 0 atom stereocenters. The zero-order valence-corrected chi connectivity index (χ0v) is 13.7. The number of hydrogen-bond donors (Lipinski definition) is 2. The van der Waals surface area contributed by atoms with Crippen molar-refractivity contribution in [3.8, 4) is 22.6 Å². The Morgan fingerprint density at radius 2 is 1.56 bits per heavy atom. The van der Waals surface area contributed by atoms with Crippen LogP contribution in [0.15, 0.2) is 72.8 Å². The third-order valence-corrected chi connectivity index (χ3v) is 3.67. The zero-order chi connectivity index (χ0) is 17.6. The molecule has 0 unspecified atom stereocenters. The lowest BCUT2D eigenvalue weighted by Gasteiger charge is -2.14. The van der Waals surface area contributed by atoms with Gasteiger partial charge in [-0.25, -0.2) is 4.79 Å². The van der Waals surface area contributed by atoms with E-state index in [0.717, 1.165) is 11.1 Å². The maximum atomic E-state index is 12.2. The van der Waals surface area contributed by atoms with Crippen LogP contribution in [0.25, 0.3) is 11.1 Å². The average molecular weight is 334 g/mol. The fraction of sp³-hybridized carbons (Fsp3) is 0.0500. The molecule has 5 nitrogen and oxygen atoms in total. The molecule has 126 valence electrons. The van der Waals surface area contributed by atoms with E-state index in [2.05, 4.69) is 5.32 Å². The molecule has 5 heteroatoms. The Kier molecular flexibility index (Phi) is 4.85. The monoisotopic (exact) mass is 334 g/mol. The first kappa shape index (κ1) is 16.4. The van der Waals surface area contributed by atoms with Gasteiger partial charge in [0.1, 0.15) is 11.5 Å². The van der Waals surface area contributed by atoms with Gasteiger partial charge in [0.15, 0.2) is 0 Å². The molecule has 0 aliphatic heterocycles. The molecule has 0 aromatic heterocycles. The first-order valence-corrected chi connectivity index (χ1v) is 7.74. The minimum atomic E-state index is -0.590. The summed E-state index contributed by atoms with van der Waals surface area (Å²) < 4.78 is 10.4. The molecule has 0 heterocycles. The van der Waals surface area contributed by atoms with Crippen molar-refractivity contribution in [2.45, 2.75) is 0 Å². The summed E-state index contributed by atoms with van der Waals surface area (Å²) in [5.74, 6) is 1.11. The highest BCUT2D eigenvalue weighted by atomic mass is 16.6. The van der Waals surface area contributed by atoms with Gasteiger partial charge in [-0.15, -0.1) is 0 Å². The van der Waals surface area contributed by atoms with Gasteiger partial charge in [0, 0.05) is 11.3 Å². The number of rotatable bonds is 4. The molecule has 3 rings (SSSR count). The molecule has 3 aromatic carbocycles. The van der Waals surface area contributed by atoms with Crippen LogP contribution in [0, 0.1) is 0 Å². The molecule has 0 aliphatic carbocycles. The second kappa shape index (κ2) is 7.40. The fourth-order valence-corrected chi connectivity index (χ4v) is 2.49. The van der Waals surface area contributed by atoms with Gasteiger partial charge in [-0.3, -0.25) is 5.32 Å². The summed E-state index contributed by atoms with van der Waals surface area (Å²) >= 11 is 0. The zero-order valence-electron chi connectivity index (χ0n) is 13.7. The molecule has 0 fully saturated rings. The Balaban J connectivity index is 1.80. The third-order valence-electron chi connectivity index (χ3n) is 3.67. The fourth-order valence-electron chi connectivity index (χ4n) is 2.49. The summed E-state index contributed by atoms with van der Waals surface area (Å²) in [4.78, 5) is 12.2. The summed E-state index contributed by atoms with van der Waals surface area (Å²) in [5, 5.41) is 2.75. The SMILES string of the molecule is COc1ccc(OC(=O)Nc2cccc(N)c2-c2ccccc2)cc1. The van der Waals surface area contributed by atoms with Gasteiger partial charge in [-0.05, 0) is 42.0 Å². The van der Waals surface area contributed by atoms with E-state index >= 15 is 0 Å². The summed E-state index contributed by atoms with van der Waals surface area (Å²) in [5.41, 5.74) is 8.95. The number of amides is 1. The Morgan fingerprint density at radius 1 is 0.880 bits per heavy atom. The van der Waals surface area contributed by atoms with Gasteiger partial charge in [0.25, 0.3) is 0 Å². The minimum Gasteiger partial charge on any atom is -0.497 e. The number of nitrogens with one attached hydrogen (secondary N) is 1. The second-order valence-electron chi connectivity index (χ2n) is 5.33. The van der Waals surface area contributed by atoms with E-state index in [1.807, 2.05) is 30.3 Å². The van der Waals surface area contributed by atoms with Crippen molar-refractivity contribution in [1.29, 1.82) is 0 Å². The quantitative estimate of drug-likeness (QED) is 0.686. The van der Waals surface area contributed by atoms with Crippen LogP contribution in [0.2, 0.25) is 0 Å². The number of benzene rings is 3. The third kappa shape index (κ3) is 3.90. The normalized spacial score (nSPS) is 10.1. The van der Waals surface area contributed by atoms with Crippen LogP contribution in [0.4, 0.5) is 16.2 Å². The number of nitrogen functional groups attached to an aromatic ring is 1. The van der Waals surface area contributed by atoms with E-state index in [1.165, 1.54) is 0 Å². The predicted molar refractivity (Wildman–Crippen MR) is 98.9 cm³/mol. The molecular weight excluding hydrogens is 316 g/mol. The van der Waals surface area contributed by atoms with Crippen LogP contribution >= 0.6 is 0 Å². The maximum absolute atomic E-state index is 12.2. The van der Waals surface area contributed by atoms with Crippen LogP contribution in [0.5, 0.6) is 11.5 Å². The van der Waals surface area contributed by atoms with Crippen LogP contribution in [-0.4, -0.2) is 13.2 Å². The van der Waals surface area contributed by atoms with Gasteiger partial charge in [-0.2, -0.15) is 0 Å². The summed E-state index contributed by atoms with van der Waals surface area (Å²) in [6, 6.07) is 21.8. The lowest BCUT2D eigenvalue weighted by Crippen LogP contribution is -2.17. The largest absolute Gasteiger partial charge is 0.497 e. The molecule has 25 heavy (non-hydrogen) atoms.